The molecule has 2 aromatic rings. The van der Waals surface area contributed by atoms with Crippen molar-refractivity contribution in [2.75, 3.05) is 43.4 Å². The van der Waals surface area contributed by atoms with Crippen LogP contribution >= 0.6 is 0 Å². The van der Waals surface area contributed by atoms with Crippen LogP contribution in [0.25, 0.3) is 0 Å². The fraction of sp³-hybridized carbons (Fsp3) is 0.353. The number of amides is 2. The standard InChI is InChI=1S/C17H21N7O3/c1-12-2-3-18-14(8-12)23-15-9-13(21-11-22-15)19-4-5-20-16(25)10-24-6-7-27-17(24)26/h2-3,8-9,11H,4-7,10H2,1H3,(H,20,25)(H2,18,19,21,22,23). The van der Waals surface area contributed by atoms with Crippen molar-refractivity contribution in [1.29, 1.82) is 0 Å². The van der Waals surface area contributed by atoms with Crippen LogP contribution in [-0.2, 0) is 9.53 Å². The minimum Gasteiger partial charge on any atom is -0.448 e. The number of pyridine rings is 1. The van der Waals surface area contributed by atoms with Gasteiger partial charge in [0.05, 0.1) is 6.54 Å². The quantitative estimate of drug-likeness (QED) is 0.585. The molecular formula is C17H21N7O3. The summed E-state index contributed by atoms with van der Waals surface area (Å²) < 4.78 is 4.78. The van der Waals surface area contributed by atoms with Crippen LogP contribution in [-0.4, -0.2) is 64.6 Å². The fourth-order valence-electron chi connectivity index (χ4n) is 2.45. The predicted octanol–water partition coefficient (Wildman–Crippen LogP) is 0.904. The molecule has 142 valence electrons. The van der Waals surface area contributed by atoms with Gasteiger partial charge in [-0.15, -0.1) is 0 Å². The highest BCUT2D eigenvalue weighted by atomic mass is 16.6. The Morgan fingerprint density at radius 1 is 1.19 bits per heavy atom. The number of anilines is 3. The summed E-state index contributed by atoms with van der Waals surface area (Å²) in [6, 6.07) is 5.59. The lowest BCUT2D eigenvalue weighted by molar-refractivity contribution is -0.121. The number of carbonyl (C=O) groups excluding carboxylic acids is 2. The Labute approximate surface area is 156 Å². The molecule has 3 rings (SSSR count). The molecule has 2 amide bonds. The smallest absolute Gasteiger partial charge is 0.410 e. The minimum atomic E-state index is -0.451. The van der Waals surface area contributed by atoms with Gasteiger partial charge in [-0.3, -0.25) is 9.69 Å². The first-order valence-electron chi connectivity index (χ1n) is 8.54. The Kier molecular flexibility index (Phi) is 5.98. The molecule has 0 radical (unpaired) electrons. The first kappa shape index (κ1) is 18.4. The van der Waals surface area contributed by atoms with E-state index in [4.69, 9.17) is 4.74 Å². The zero-order valence-corrected chi connectivity index (χ0v) is 14.9. The van der Waals surface area contributed by atoms with E-state index in [1.54, 1.807) is 12.3 Å². The first-order valence-corrected chi connectivity index (χ1v) is 8.54. The van der Waals surface area contributed by atoms with Crippen LogP contribution in [0.1, 0.15) is 5.56 Å². The van der Waals surface area contributed by atoms with E-state index in [0.29, 0.717) is 43.7 Å². The molecule has 0 aromatic carbocycles. The number of cyclic esters (lactones) is 1. The number of aromatic nitrogens is 3. The van der Waals surface area contributed by atoms with Gasteiger partial charge in [0.2, 0.25) is 5.91 Å². The van der Waals surface area contributed by atoms with Crippen molar-refractivity contribution in [1.82, 2.24) is 25.2 Å². The van der Waals surface area contributed by atoms with Crippen molar-refractivity contribution < 1.29 is 14.3 Å². The maximum atomic E-state index is 11.8. The molecule has 1 fully saturated rings. The van der Waals surface area contributed by atoms with Crippen molar-refractivity contribution in [3.63, 3.8) is 0 Å². The summed E-state index contributed by atoms with van der Waals surface area (Å²) in [6.07, 6.45) is 2.72. The minimum absolute atomic E-state index is 0.00387. The Morgan fingerprint density at radius 3 is 2.78 bits per heavy atom. The van der Waals surface area contributed by atoms with E-state index in [-0.39, 0.29) is 12.5 Å². The Morgan fingerprint density at radius 2 is 2.00 bits per heavy atom. The molecule has 1 aliphatic rings. The Bertz CT molecular complexity index is 815. The number of nitrogens with zero attached hydrogens (tertiary/aromatic N) is 4. The Hall–Kier alpha value is -3.43. The van der Waals surface area contributed by atoms with Gasteiger partial charge in [0, 0.05) is 25.4 Å². The third-order valence-corrected chi connectivity index (χ3v) is 3.77. The lowest BCUT2D eigenvalue weighted by atomic mass is 10.3. The van der Waals surface area contributed by atoms with Gasteiger partial charge in [-0.05, 0) is 24.6 Å². The van der Waals surface area contributed by atoms with Gasteiger partial charge in [-0.25, -0.2) is 19.7 Å². The summed E-state index contributed by atoms with van der Waals surface area (Å²) in [7, 11) is 0. The summed E-state index contributed by atoms with van der Waals surface area (Å²) in [5, 5.41) is 8.97. The van der Waals surface area contributed by atoms with Crippen molar-refractivity contribution in [2.45, 2.75) is 6.92 Å². The number of carbonyl (C=O) groups is 2. The van der Waals surface area contributed by atoms with Crippen molar-refractivity contribution in [2.24, 2.45) is 0 Å². The van der Waals surface area contributed by atoms with Gasteiger partial charge in [0.1, 0.15) is 36.9 Å². The zero-order valence-electron chi connectivity index (χ0n) is 14.9. The van der Waals surface area contributed by atoms with E-state index in [2.05, 4.69) is 30.9 Å². The normalized spacial score (nSPS) is 13.2. The third kappa shape index (κ3) is 5.53. The molecule has 10 heteroatoms. The highest BCUT2D eigenvalue weighted by Crippen LogP contribution is 2.14. The summed E-state index contributed by atoms with van der Waals surface area (Å²) in [6.45, 7) is 3.64. The van der Waals surface area contributed by atoms with E-state index in [0.717, 1.165) is 5.56 Å². The second-order valence-electron chi connectivity index (χ2n) is 5.94. The first-order chi connectivity index (χ1) is 13.1. The molecule has 27 heavy (non-hydrogen) atoms. The molecule has 2 aromatic heterocycles. The van der Waals surface area contributed by atoms with Crippen LogP contribution in [0, 0.1) is 6.92 Å². The maximum Gasteiger partial charge on any atom is 0.410 e. The number of ether oxygens (including phenoxy) is 1. The molecule has 0 atom stereocenters. The second kappa shape index (κ2) is 8.79. The van der Waals surface area contributed by atoms with Gasteiger partial charge in [-0.2, -0.15) is 0 Å². The van der Waals surface area contributed by atoms with E-state index in [9.17, 15) is 9.59 Å². The maximum absolute atomic E-state index is 11.8. The monoisotopic (exact) mass is 371 g/mol. The molecule has 3 N–H and O–H groups in total. The van der Waals surface area contributed by atoms with Crippen molar-refractivity contribution in [3.05, 3.63) is 36.3 Å². The molecule has 0 aliphatic carbocycles. The molecule has 10 nitrogen and oxygen atoms in total. The van der Waals surface area contributed by atoms with E-state index in [1.165, 1.54) is 11.2 Å². The van der Waals surface area contributed by atoms with Gasteiger partial charge < -0.3 is 20.7 Å². The van der Waals surface area contributed by atoms with Crippen LogP contribution < -0.4 is 16.0 Å². The molecule has 1 saturated heterocycles. The summed E-state index contributed by atoms with van der Waals surface area (Å²) >= 11 is 0. The van der Waals surface area contributed by atoms with Crippen LogP contribution in [0.15, 0.2) is 30.7 Å². The zero-order chi connectivity index (χ0) is 19.1. The lowest BCUT2D eigenvalue weighted by Crippen LogP contribution is -2.39. The van der Waals surface area contributed by atoms with Gasteiger partial charge >= 0.3 is 6.09 Å². The predicted molar refractivity (Wildman–Crippen MR) is 98.7 cm³/mol. The van der Waals surface area contributed by atoms with E-state index >= 15 is 0 Å². The van der Waals surface area contributed by atoms with E-state index < -0.39 is 6.09 Å². The number of hydrogen-bond acceptors (Lipinski definition) is 8. The number of aryl methyl sites for hydroxylation is 1. The van der Waals surface area contributed by atoms with Gasteiger partial charge in [-0.1, -0.05) is 0 Å². The summed E-state index contributed by atoms with van der Waals surface area (Å²) in [5.74, 6) is 1.71. The molecule has 0 bridgehead atoms. The summed E-state index contributed by atoms with van der Waals surface area (Å²) in [4.78, 5) is 37.0. The molecule has 0 saturated carbocycles. The molecule has 0 unspecified atom stereocenters. The van der Waals surface area contributed by atoms with Crippen molar-refractivity contribution in [3.8, 4) is 0 Å². The largest absolute Gasteiger partial charge is 0.448 e. The fourth-order valence-corrected chi connectivity index (χ4v) is 2.45. The van der Waals surface area contributed by atoms with Gasteiger partial charge in [0.25, 0.3) is 0 Å². The molecular weight excluding hydrogens is 350 g/mol. The van der Waals surface area contributed by atoms with Gasteiger partial charge in [0.15, 0.2) is 0 Å². The Balaban J connectivity index is 1.42. The molecule has 1 aliphatic heterocycles. The van der Waals surface area contributed by atoms with Crippen LogP contribution in [0.4, 0.5) is 22.2 Å². The van der Waals surface area contributed by atoms with Crippen LogP contribution in [0.2, 0.25) is 0 Å². The average molecular weight is 371 g/mol. The molecule has 0 spiro atoms. The van der Waals surface area contributed by atoms with Crippen LogP contribution in [0.5, 0.6) is 0 Å². The van der Waals surface area contributed by atoms with Crippen molar-refractivity contribution >= 4 is 29.5 Å². The lowest BCUT2D eigenvalue weighted by Gasteiger charge is -2.13. The van der Waals surface area contributed by atoms with Crippen LogP contribution in [0.3, 0.4) is 0 Å². The number of rotatable bonds is 8. The second-order valence-corrected chi connectivity index (χ2v) is 5.94. The average Bonchev–Trinajstić information content (AvgIpc) is 3.04. The third-order valence-electron chi connectivity index (χ3n) is 3.77. The highest BCUT2D eigenvalue weighted by Gasteiger charge is 2.23. The number of hydrogen-bond donors (Lipinski definition) is 3. The number of nitrogens with one attached hydrogen (secondary N) is 3. The van der Waals surface area contributed by atoms with E-state index in [1.807, 2.05) is 19.1 Å². The highest BCUT2D eigenvalue weighted by molar-refractivity contribution is 5.82. The SMILES string of the molecule is Cc1ccnc(Nc2cc(NCCNC(=O)CN3CCOC3=O)ncn2)c1. The topological polar surface area (TPSA) is 121 Å². The summed E-state index contributed by atoms with van der Waals surface area (Å²) in [5.41, 5.74) is 1.10. The molecule has 3 heterocycles.